The molecule has 2 fully saturated rings. The van der Waals surface area contributed by atoms with E-state index in [4.69, 9.17) is 4.74 Å². The van der Waals surface area contributed by atoms with Crippen LogP contribution in [0.2, 0.25) is 0 Å². The molecular formula is C68H97N13O28. The van der Waals surface area contributed by atoms with Gasteiger partial charge in [-0.05, 0) is 75.0 Å². The number of aliphatic hydroxyl groups excluding tert-OH is 2. The quantitative estimate of drug-likeness (QED) is 0.0182. The van der Waals surface area contributed by atoms with Crippen molar-refractivity contribution in [2.45, 2.75) is 191 Å². The van der Waals surface area contributed by atoms with Crippen LogP contribution in [0.3, 0.4) is 0 Å². The summed E-state index contributed by atoms with van der Waals surface area (Å²) >= 11 is 0. The molecule has 0 bridgehead atoms. The Hall–Kier alpha value is -11.6. The highest BCUT2D eigenvalue weighted by molar-refractivity contribution is 6.01. The van der Waals surface area contributed by atoms with E-state index in [2.05, 4.69) is 67.0 Å². The van der Waals surface area contributed by atoms with Gasteiger partial charge < -0.3 is 114 Å². The normalized spacial score (nSPS) is 22.2. The number of carboxylic acids is 5. The van der Waals surface area contributed by atoms with Crippen molar-refractivity contribution < 1.29 is 137 Å². The number of phenolic OH excluding ortho intramolecular Hbond substituents is 1. The zero-order valence-corrected chi connectivity index (χ0v) is 60.9. The van der Waals surface area contributed by atoms with E-state index in [-0.39, 0.29) is 43.7 Å². The molecule has 2 heterocycles. The third-order valence-corrected chi connectivity index (χ3v) is 17.1. The molecule has 0 aromatic heterocycles. The Labute approximate surface area is 624 Å². The van der Waals surface area contributed by atoms with Crippen molar-refractivity contribution in [3.8, 4) is 5.75 Å². The molecule has 3 rings (SSSR count). The highest BCUT2D eigenvalue weighted by atomic mass is 16.5. The third kappa shape index (κ3) is 31.8. The molecule has 602 valence electrons. The molecule has 0 aliphatic carbocycles. The molecule has 1 aromatic rings. The van der Waals surface area contributed by atoms with Crippen molar-refractivity contribution in [1.29, 1.82) is 0 Å². The van der Waals surface area contributed by atoms with Crippen LogP contribution in [0.15, 0.2) is 48.6 Å². The molecule has 2 aliphatic heterocycles. The number of amides is 13. The van der Waals surface area contributed by atoms with E-state index in [1.54, 1.807) is 6.08 Å². The number of aliphatic carboxylic acids is 5. The lowest BCUT2D eigenvalue weighted by atomic mass is 9.96. The third-order valence-electron chi connectivity index (χ3n) is 17.1. The second-order valence-corrected chi connectivity index (χ2v) is 26.4. The SMILES string of the molecule is CC[C@@H](C)[C@H]1NC(=O)[C@@H](NC(=O)[C@H](Cc2ccc(O)cc2)NC(=O)[C@@H](CCC(=O)O)NC(=O)CNC(=O)[C@H](C)CNC(=O)/C=C\C=C\CCC(C)C)[C@@H](C)OC(=O)CN(C)C(=O)[C@H](C[C@@H](O)C(=O)O)NC(=O)[C@@H](CCC(=O)O)NC(=O)CNC(=O)[C@@H]2CCCN2C(=O)[C@H]([C@@H](O)C(=O)O)NC(=O)[C@H](CC(=O)O)NC1=O. The van der Waals surface area contributed by atoms with Gasteiger partial charge in [0.1, 0.15) is 72.8 Å². The number of benzene rings is 1. The zero-order valence-electron chi connectivity index (χ0n) is 60.9. The molecule has 14 atom stereocenters. The van der Waals surface area contributed by atoms with Crippen molar-refractivity contribution in [2.24, 2.45) is 17.8 Å². The van der Waals surface area contributed by atoms with E-state index in [0.29, 0.717) is 15.7 Å². The fourth-order valence-corrected chi connectivity index (χ4v) is 10.8. The number of likely N-dealkylation sites (N-methyl/N-ethyl adjacent to an activating group) is 1. The Morgan fingerprint density at radius 3 is 1.91 bits per heavy atom. The highest BCUT2D eigenvalue weighted by Crippen LogP contribution is 2.21. The molecule has 19 N–H and O–H groups in total. The van der Waals surface area contributed by atoms with Crippen molar-refractivity contribution in [3.63, 3.8) is 0 Å². The van der Waals surface area contributed by atoms with Crippen molar-refractivity contribution in [2.75, 3.05) is 39.8 Å². The van der Waals surface area contributed by atoms with Crippen LogP contribution in [-0.2, 0) is 102 Å². The van der Waals surface area contributed by atoms with Gasteiger partial charge in [0.2, 0.25) is 76.8 Å². The van der Waals surface area contributed by atoms with Crippen molar-refractivity contribution in [3.05, 3.63) is 54.1 Å². The van der Waals surface area contributed by atoms with Crippen LogP contribution >= 0.6 is 0 Å². The van der Waals surface area contributed by atoms with Crippen LogP contribution in [0.25, 0.3) is 0 Å². The lowest BCUT2D eigenvalue weighted by Gasteiger charge is -2.32. The largest absolute Gasteiger partial charge is 0.508 e. The lowest BCUT2D eigenvalue weighted by Crippen LogP contribution is -2.64. The number of ether oxygens (including phenoxy) is 1. The van der Waals surface area contributed by atoms with Gasteiger partial charge in [-0.1, -0.05) is 71.4 Å². The minimum Gasteiger partial charge on any atom is -0.508 e. The predicted molar refractivity (Wildman–Crippen MR) is 373 cm³/mol. The van der Waals surface area contributed by atoms with Gasteiger partial charge in [0.05, 0.1) is 25.4 Å². The van der Waals surface area contributed by atoms with Gasteiger partial charge in [-0.3, -0.25) is 81.5 Å². The monoisotopic (exact) mass is 1540 g/mol. The van der Waals surface area contributed by atoms with Crippen molar-refractivity contribution in [1.82, 2.24) is 68.3 Å². The Balaban J connectivity index is 2.24. The summed E-state index contributed by atoms with van der Waals surface area (Å²) in [4.78, 5) is 258. The van der Waals surface area contributed by atoms with Gasteiger partial charge in [-0.25, -0.2) is 9.59 Å². The molecule has 0 spiro atoms. The lowest BCUT2D eigenvalue weighted by molar-refractivity contribution is -0.157. The number of nitrogens with zero attached hydrogens (tertiary/aromatic N) is 2. The number of rotatable bonds is 32. The fourth-order valence-electron chi connectivity index (χ4n) is 10.8. The number of aliphatic hydroxyl groups is 2. The Bertz CT molecular complexity index is 3550. The number of esters is 1. The van der Waals surface area contributed by atoms with Gasteiger partial charge in [-0.15, -0.1) is 0 Å². The maximum Gasteiger partial charge on any atom is 0.335 e. The van der Waals surface area contributed by atoms with E-state index in [9.17, 15) is 122 Å². The summed E-state index contributed by atoms with van der Waals surface area (Å²) in [6.07, 6.45) is -5.91. The summed E-state index contributed by atoms with van der Waals surface area (Å²) in [5, 5.41) is 105. The topological polar surface area (TPSA) is 634 Å². The summed E-state index contributed by atoms with van der Waals surface area (Å²) in [6.45, 7) is 5.64. The van der Waals surface area contributed by atoms with Crippen molar-refractivity contribution >= 4 is 113 Å². The van der Waals surface area contributed by atoms with Gasteiger partial charge in [0.25, 0.3) is 0 Å². The maximum atomic E-state index is 15.1. The highest BCUT2D eigenvalue weighted by Gasteiger charge is 2.45. The molecule has 0 unspecified atom stereocenters. The maximum absolute atomic E-state index is 15.1. The molecule has 41 nitrogen and oxygen atoms in total. The number of hydrogen-bond acceptors (Lipinski definition) is 23. The number of nitrogens with one attached hydrogen (secondary N) is 11. The van der Waals surface area contributed by atoms with Gasteiger partial charge in [0, 0.05) is 51.9 Å². The Morgan fingerprint density at radius 2 is 1.30 bits per heavy atom. The molecule has 0 radical (unpaired) electrons. The van der Waals surface area contributed by atoms with E-state index < -0.39 is 262 Å². The number of carbonyl (C=O) groups is 19. The van der Waals surface area contributed by atoms with Crippen LogP contribution in [0.5, 0.6) is 5.75 Å². The average molecular weight is 1540 g/mol. The van der Waals surface area contributed by atoms with Crippen LogP contribution in [0, 0.1) is 17.8 Å². The molecule has 2 aliphatic rings. The second-order valence-electron chi connectivity index (χ2n) is 26.4. The molecule has 41 heteroatoms. The number of cyclic esters (lactones) is 1. The predicted octanol–water partition coefficient (Wildman–Crippen LogP) is -5.73. The van der Waals surface area contributed by atoms with Gasteiger partial charge in [-0.2, -0.15) is 0 Å². The molecule has 109 heavy (non-hydrogen) atoms. The second kappa shape index (κ2) is 45.1. The zero-order chi connectivity index (χ0) is 82.1. The van der Waals surface area contributed by atoms with Crippen LogP contribution < -0.4 is 58.5 Å². The fraction of sp³-hybridized carbons (Fsp3) is 0.574. The number of aromatic hydroxyl groups is 1. The first kappa shape index (κ1) is 91.6. The Morgan fingerprint density at radius 1 is 0.670 bits per heavy atom. The number of hydrogen-bond donors (Lipinski definition) is 19. The van der Waals surface area contributed by atoms with Crippen LogP contribution in [0.1, 0.15) is 118 Å². The van der Waals surface area contributed by atoms with Gasteiger partial charge in [0.15, 0.2) is 12.2 Å². The summed E-state index contributed by atoms with van der Waals surface area (Å²) in [5.74, 6) is -28.5. The summed E-state index contributed by atoms with van der Waals surface area (Å²) < 4.78 is 5.59. The number of fused-ring (bicyclic) bond motifs is 1. The number of allylic oxidation sites excluding steroid dienone is 3. The number of phenols is 1. The van der Waals surface area contributed by atoms with E-state index >= 15 is 9.59 Å². The molecule has 13 amide bonds. The summed E-state index contributed by atoms with van der Waals surface area (Å²) in [6, 6.07) is -13.9. The summed E-state index contributed by atoms with van der Waals surface area (Å²) in [7, 11) is 0.885. The van der Waals surface area contributed by atoms with E-state index in [1.165, 1.54) is 45.1 Å². The first-order valence-corrected chi connectivity index (χ1v) is 34.7. The van der Waals surface area contributed by atoms with Crippen LogP contribution in [-0.4, -0.2) is 276 Å². The minimum absolute atomic E-state index is 0.0194. The first-order chi connectivity index (χ1) is 51.1. The average Bonchev–Trinajstić information content (AvgIpc) is 1.78. The van der Waals surface area contributed by atoms with Gasteiger partial charge >= 0.3 is 35.8 Å². The smallest absolute Gasteiger partial charge is 0.335 e. The number of carbonyl (C=O) groups excluding carboxylic acids is 14. The first-order valence-electron chi connectivity index (χ1n) is 34.7. The standard InChI is InChI=1S/C68H97N13O28/c1-8-34(4)53-63(101)75-42(28-51(91)92)61(99)79-55(56(94)68(107)108)66(104)81-25-13-15-44(81)62(100)71-31-48(86)73-40(22-24-50(89)90)59(97)76-43(27-45(83)67(105)106)65(103)80(7)32-52(93)109-36(6)54(64(102)77-53)78-60(98)41(26-37-17-19-38(82)20-18-37)74-58(96)39(21-23-49(87)88)72-47(85)30-70-57(95)35(5)29-69-46(84)16-12-10-9-11-14-33(2)3/h9-10,12,16-20,33-36,39-45,53-56,82-83,94H,8,11,13-15,21-32H2,1-7H3,(H,69,84)(H,70,95)(H,71,100)(H,72,85)(H,73,86)(H,74,96)(H,75,101)(H,76,97)(H,77,102)(H,78,98)(H,79,99)(H,87,88)(H,89,90)(H,91,92)(H,105,106)(H,107,108)/b10-9+,16-12-/t34-,35-,36-,39-,40-,41+,42+,43+,44+,45-,53-,54+,55+,56-/m1/s1. The minimum atomic E-state index is -2.87. The molecular weight excluding hydrogens is 1450 g/mol. The Kier molecular flexibility index (Phi) is 37.9. The van der Waals surface area contributed by atoms with Crippen LogP contribution in [0.4, 0.5) is 0 Å². The molecule has 0 saturated carbocycles. The van der Waals surface area contributed by atoms with E-state index in [0.717, 1.165) is 38.9 Å². The molecule has 1 aromatic carbocycles. The van der Waals surface area contributed by atoms with E-state index in [1.807, 2.05) is 11.4 Å². The summed E-state index contributed by atoms with van der Waals surface area (Å²) in [5.41, 5.74) is 0.143. The molecule has 2 saturated heterocycles. The number of carboxylic acid groups (broad SMARTS) is 5.